The van der Waals surface area contributed by atoms with Gasteiger partial charge in [0, 0.05) is 13.1 Å². The summed E-state index contributed by atoms with van der Waals surface area (Å²) in [7, 11) is -1.16. The molecule has 0 spiro atoms. The molecule has 2 aromatic rings. The highest BCUT2D eigenvalue weighted by atomic mass is 32.2. The standard InChI is InChI=1S/C24H30N2O6S/c1-16(2)17-11-12-21(31-3)22(14-17)33(29,30)26-13-7-8-18(15-26)23(27)25-20-10-6-5-9-19(20)24(28)32-4/h5-6,9-12,14,16,18H,7-8,13,15H2,1-4H3,(H,25,27)/t18-/m0/s1. The van der Waals surface area contributed by atoms with Gasteiger partial charge in [0.25, 0.3) is 0 Å². The van der Waals surface area contributed by atoms with E-state index in [0.29, 0.717) is 25.1 Å². The van der Waals surface area contributed by atoms with Gasteiger partial charge in [0.1, 0.15) is 10.6 Å². The molecular formula is C24H30N2O6S. The number of nitrogens with one attached hydrogen (secondary N) is 1. The number of sulfonamides is 1. The second-order valence-corrected chi connectivity index (χ2v) is 10.2. The van der Waals surface area contributed by atoms with Gasteiger partial charge < -0.3 is 14.8 Å². The van der Waals surface area contributed by atoms with Crippen molar-refractivity contribution in [3.63, 3.8) is 0 Å². The third-order valence-corrected chi connectivity index (χ3v) is 7.70. The van der Waals surface area contributed by atoms with Crippen LogP contribution >= 0.6 is 0 Å². The first-order valence-corrected chi connectivity index (χ1v) is 12.3. The summed E-state index contributed by atoms with van der Waals surface area (Å²) >= 11 is 0. The topological polar surface area (TPSA) is 102 Å². The fourth-order valence-electron chi connectivity index (χ4n) is 3.88. The molecule has 1 heterocycles. The first-order valence-electron chi connectivity index (χ1n) is 10.8. The first kappa shape index (κ1) is 24.7. The number of anilines is 1. The predicted molar refractivity (Wildman–Crippen MR) is 125 cm³/mol. The Morgan fingerprint density at radius 3 is 2.52 bits per heavy atom. The van der Waals surface area contributed by atoms with Crippen molar-refractivity contribution in [2.24, 2.45) is 5.92 Å². The van der Waals surface area contributed by atoms with Crippen LogP contribution in [-0.2, 0) is 19.6 Å². The lowest BCUT2D eigenvalue weighted by molar-refractivity contribution is -0.120. The van der Waals surface area contributed by atoms with E-state index >= 15 is 0 Å². The number of hydrogen-bond donors (Lipinski definition) is 1. The Morgan fingerprint density at radius 1 is 1.12 bits per heavy atom. The van der Waals surface area contributed by atoms with E-state index in [-0.39, 0.29) is 34.6 Å². The molecule has 0 radical (unpaired) electrons. The number of hydrogen-bond acceptors (Lipinski definition) is 6. The van der Waals surface area contributed by atoms with Gasteiger partial charge in [0.05, 0.1) is 31.4 Å². The SMILES string of the molecule is COC(=O)c1ccccc1NC(=O)[C@H]1CCCN(S(=O)(=O)c2cc(C(C)C)ccc2OC)C1. The molecule has 1 amide bonds. The molecule has 9 heteroatoms. The third-order valence-electron chi connectivity index (χ3n) is 5.82. The van der Waals surface area contributed by atoms with Crippen molar-refractivity contribution in [3.05, 3.63) is 53.6 Å². The predicted octanol–water partition coefficient (Wildman–Crippen LogP) is 3.64. The number of carbonyl (C=O) groups excluding carboxylic acids is 2. The molecular weight excluding hydrogens is 444 g/mol. The summed E-state index contributed by atoms with van der Waals surface area (Å²) in [5.41, 5.74) is 1.46. The lowest BCUT2D eigenvalue weighted by Gasteiger charge is -2.31. The molecule has 0 unspecified atom stereocenters. The number of rotatable bonds is 7. The van der Waals surface area contributed by atoms with Crippen LogP contribution in [0.4, 0.5) is 5.69 Å². The second kappa shape index (κ2) is 10.4. The van der Waals surface area contributed by atoms with Crippen LogP contribution in [0, 0.1) is 5.92 Å². The van der Waals surface area contributed by atoms with Crippen LogP contribution < -0.4 is 10.1 Å². The van der Waals surface area contributed by atoms with Crippen LogP contribution in [0.5, 0.6) is 5.75 Å². The molecule has 3 rings (SSSR count). The van der Waals surface area contributed by atoms with Crippen LogP contribution in [0.3, 0.4) is 0 Å². The number of amides is 1. The summed E-state index contributed by atoms with van der Waals surface area (Å²) in [6, 6.07) is 11.7. The van der Waals surface area contributed by atoms with Crippen LogP contribution in [0.2, 0.25) is 0 Å². The van der Waals surface area contributed by atoms with E-state index in [1.807, 2.05) is 19.9 Å². The fourth-order valence-corrected chi connectivity index (χ4v) is 5.60. The highest BCUT2D eigenvalue weighted by molar-refractivity contribution is 7.89. The third kappa shape index (κ3) is 5.36. The Kier molecular flexibility index (Phi) is 7.76. The van der Waals surface area contributed by atoms with Crippen molar-refractivity contribution in [2.75, 3.05) is 32.6 Å². The van der Waals surface area contributed by atoms with Gasteiger partial charge in [-0.15, -0.1) is 0 Å². The van der Waals surface area contributed by atoms with E-state index in [9.17, 15) is 18.0 Å². The Morgan fingerprint density at radius 2 is 1.85 bits per heavy atom. The number of carbonyl (C=O) groups is 2. The van der Waals surface area contributed by atoms with Gasteiger partial charge in [-0.25, -0.2) is 13.2 Å². The Labute approximate surface area is 194 Å². The Hall–Kier alpha value is -2.91. The van der Waals surface area contributed by atoms with Crippen LogP contribution in [0.25, 0.3) is 0 Å². The zero-order chi connectivity index (χ0) is 24.2. The molecule has 0 aliphatic carbocycles. The van der Waals surface area contributed by atoms with Gasteiger partial charge in [-0.3, -0.25) is 4.79 Å². The molecule has 33 heavy (non-hydrogen) atoms. The second-order valence-electron chi connectivity index (χ2n) is 8.29. The molecule has 1 aliphatic rings. The maximum absolute atomic E-state index is 13.5. The monoisotopic (exact) mass is 474 g/mol. The van der Waals surface area contributed by atoms with E-state index < -0.39 is 21.9 Å². The number of esters is 1. The van der Waals surface area contributed by atoms with E-state index in [0.717, 1.165) is 5.56 Å². The lowest BCUT2D eigenvalue weighted by atomic mass is 9.98. The van der Waals surface area contributed by atoms with E-state index in [1.165, 1.54) is 18.5 Å². The van der Waals surface area contributed by atoms with Gasteiger partial charge in [0.15, 0.2) is 0 Å². The van der Waals surface area contributed by atoms with Crippen molar-refractivity contribution in [2.45, 2.75) is 37.5 Å². The maximum atomic E-state index is 13.5. The zero-order valence-corrected chi connectivity index (χ0v) is 20.1. The molecule has 1 atom stereocenters. The quantitative estimate of drug-likeness (QED) is 0.615. The fraction of sp³-hybridized carbons (Fsp3) is 0.417. The summed E-state index contributed by atoms with van der Waals surface area (Å²) < 4.78 is 38.5. The number of piperidine rings is 1. The first-order chi connectivity index (χ1) is 15.7. The van der Waals surface area contributed by atoms with E-state index in [4.69, 9.17) is 9.47 Å². The molecule has 0 saturated carbocycles. The number of methoxy groups -OCH3 is 2. The molecule has 1 aliphatic heterocycles. The van der Waals surface area contributed by atoms with Crippen LogP contribution in [0.1, 0.15) is 48.5 Å². The van der Waals surface area contributed by atoms with Crippen molar-refractivity contribution in [1.82, 2.24) is 4.31 Å². The summed E-state index contributed by atoms with van der Waals surface area (Å²) in [5, 5.41) is 2.77. The Balaban J connectivity index is 1.83. The van der Waals surface area contributed by atoms with Crippen molar-refractivity contribution in [3.8, 4) is 5.75 Å². The van der Waals surface area contributed by atoms with E-state index in [1.54, 1.807) is 36.4 Å². The zero-order valence-electron chi connectivity index (χ0n) is 19.3. The highest BCUT2D eigenvalue weighted by Crippen LogP contribution is 2.32. The van der Waals surface area contributed by atoms with Gasteiger partial charge in [0.2, 0.25) is 15.9 Å². The average molecular weight is 475 g/mol. The van der Waals surface area contributed by atoms with Crippen LogP contribution in [-0.4, -0.2) is 51.9 Å². The molecule has 1 N–H and O–H groups in total. The largest absolute Gasteiger partial charge is 0.495 e. The summed E-state index contributed by atoms with van der Waals surface area (Å²) in [4.78, 5) is 25.1. The summed E-state index contributed by atoms with van der Waals surface area (Å²) in [5.74, 6) is -1.03. The molecule has 0 bridgehead atoms. The minimum absolute atomic E-state index is 0.0453. The van der Waals surface area contributed by atoms with Gasteiger partial charge in [-0.1, -0.05) is 32.0 Å². The number of ether oxygens (including phenoxy) is 2. The van der Waals surface area contributed by atoms with Crippen molar-refractivity contribution in [1.29, 1.82) is 0 Å². The summed E-state index contributed by atoms with van der Waals surface area (Å²) in [6.45, 7) is 4.35. The molecule has 8 nitrogen and oxygen atoms in total. The number of nitrogens with zero attached hydrogens (tertiary/aromatic N) is 1. The van der Waals surface area contributed by atoms with Crippen molar-refractivity contribution >= 4 is 27.6 Å². The maximum Gasteiger partial charge on any atom is 0.339 e. The minimum Gasteiger partial charge on any atom is -0.495 e. The Bertz CT molecular complexity index is 1130. The molecule has 0 aromatic heterocycles. The molecule has 2 aromatic carbocycles. The van der Waals surface area contributed by atoms with Gasteiger partial charge in [-0.05, 0) is 48.6 Å². The van der Waals surface area contributed by atoms with Gasteiger partial charge in [-0.2, -0.15) is 4.31 Å². The van der Waals surface area contributed by atoms with Crippen LogP contribution in [0.15, 0.2) is 47.4 Å². The minimum atomic E-state index is -3.87. The van der Waals surface area contributed by atoms with Crippen molar-refractivity contribution < 1.29 is 27.5 Å². The summed E-state index contributed by atoms with van der Waals surface area (Å²) in [6.07, 6.45) is 1.09. The van der Waals surface area contributed by atoms with E-state index in [2.05, 4.69) is 5.32 Å². The smallest absolute Gasteiger partial charge is 0.339 e. The lowest BCUT2D eigenvalue weighted by Crippen LogP contribution is -2.43. The normalized spacial score (nSPS) is 16.9. The molecule has 1 saturated heterocycles. The van der Waals surface area contributed by atoms with Gasteiger partial charge >= 0.3 is 5.97 Å². The number of para-hydroxylation sites is 1. The highest BCUT2D eigenvalue weighted by Gasteiger charge is 2.35. The molecule has 178 valence electrons. The number of benzene rings is 2. The molecule has 1 fully saturated rings. The average Bonchev–Trinajstić information content (AvgIpc) is 2.83.